The maximum absolute atomic E-state index is 12.0. The van der Waals surface area contributed by atoms with Crippen molar-refractivity contribution in [3.8, 4) is 0 Å². The van der Waals surface area contributed by atoms with Gasteiger partial charge in [-0.1, -0.05) is 44.2 Å². The maximum atomic E-state index is 12.0. The fourth-order valence-corrected chi connectivity index (χ4v) is 2.06. The van der Waals surface area contributed by atoms with Gasteiger partial charge in [0.15, 0.2) is 0 Å². The summed E-state index contributed by atoms with van der Waals surface area (Å²) in [6, 6.07) is 10.0. The van der Waals surface area contributed by atoms with E-state index in [4.69, 9.17) is 4.74 Å². The number of carbonyl (C=O) groups excluding carboxylic acids is 2. The van der Waals surface area contributed by atoms with Crippen LogP contribution in [0.25, 0.3) is 0 Å². The van der Waals surface area contributed by atoms with Crippen molar-refractivity contribution in [2.45, 2.75) is 26.7 Å². The molecule has 0 aliphatic carbocycles. The molecule has 1 aromatic rings. The van der Waals surface area contributed by atoms with Gasteiger partial charge in [-0.25, -0.2) is 0 Å². The second-order valence-electron chi connectivity index (χ2n) is 4.85. The Morgan fingerprint density at radius 2 is 1.90 bits per heavy atom. The fourth-order valence-electron chi connectivity index (χ4n) is 2.06. The first kappa shape index (κ1) is 16.2. The third-order valence-corrected chi connectivity index (χ3v) is 3.27. The van der Waals surface area contributed by atoms with Crippen LogP contribution in [0.3, 0.4) is 0 Å². The van der Waals surface area contributed by atoms with Crippen molar-refractivity contribution in [2.75, 3.05) is 20.2 Å². The Balaban J connectivity index is 2.61. The number of esters is 1. The topological polar surface area (TPSA) is 46.6 Å². The first-order valence-electron chi connectivity index (χ1n) is 6.98. The largest absolute Gasteiger partial charge is 0.469 e. The van der Waals surface area contributed by atoms with Gasteiger partial charge in [-0.05, 0) is 12.0 Å². The van der Waals surface area contributed by atoms with Crippen molar-refractivity contribution >= 4 is 11.9 Å². The van der Waals surface area contributed by atoms with E-state index in [0.717, 1.165) is 6.42 Å². The molecule has 1 atom stereocenters. The highest BCUT2D eigenvalue weighted by atomic mass is 16.5. The zero-order valence-electron chi connectivity index (χ0n) is 12.5. The molecular formula is C16H23NO3. The van der Waals surface area contributed by atoms with Crippen molar-refractivity contribution < 1.29 is 14.3 Å². The third kappa shape index (κ3) is 5.03. The third-order valence-electron chi connectivity index (χ3n) is 3.27. The smallest absolute Gasteiger partial charge is 0.310 e. The fraction of sp³-hybridized carbons (Fsp3) is 0.500. The minimum Gasteiger partial charge on any atom is -0.469 e. The van der Waals surface area contributed by atoms with Crippen LogP contribution in [0.5, 0.6) is 0 Å². The van der Waals surface area contributed by atoms with E-state index < -0.39 is 0 Å². The molecule has 20 heavy (non-hydrogen) atoms. The molecule has 0 bridgehead atoms. The molecule has 4 nitrogen and oxygen atoms in total. The lowest BCUT2D eigenvalue weighted by molar-refractivity contribution is -0.146. The second-order valence-corrected chi connectivity index (χ2v) is 4.85. The maximum Gasteiger partial charge on any atom is 0.310 e. The Morgan fingerprint density at radius 3 is 2.45 bits per heavy atom. The molecule has 0 saturated heterocycles. The molecular weight excluding hydrogens is 254 g/mol. The summed E-state index contributed by atoms with van der Waals surface area (Å²) in [4.78, 5) is 25.2. The molecule has 110 valence electrons. The van der Waals surface area contributed by atoms with E-state index in [0.29, 0.717) is 19.5 Å². The molecule has 0 heterocycles. The number of hydrogen-bond donors (Lipinski definition) is 0. The minimum atomic E-state index is -0.300. The minimum absolute atomic E-state index is 0.0664. The number of amides is 1. The molecule has 0 aliphatic heterocycles. The molecule has 1 amide bonds. The Hall–Kier alpha value is -1.84. The van der Waals surface area contributed by atoms with Gasteiger partial charge in [0, 0.05) is 19.5 Å². The SMILES string of the molecule is CCC(=O)N(CCc1ccccc1)CC(C)C(=O)OC. The van der Waals surface area contributed by atoms with Crippen LogP contribution < -0.4 is 0 Å². The monoisotopic (exact) mass is 277 g/mol. The number of methoxy groups -OCH3 is 1. The van der Waals surface area contributed by atoms with Crippen molar-refractivity contribution in [1.29, 1.82) is 0 Å². The molecule has 1 unspecified atom stereocenters. The van der Waals surface area contributed by atoms with Gasteiger partial charge in [0.05, 0.1) is 13.0 Å². The molecule has 0 saturated carbocycles. The van der Waals surface area contributed by atoms with Gasteiger partial charge in [-0.3, -0.25) is 9.59 Å². The first-order valence-corrected chi connectivity index (χ1v) is 6.98. The lowest BCUT2D eigenvalue weighted by Crippen LogP contribution is -2.38. The summed E-state index contributed by atoms with van der Waals surface area (Å²) in [6.07, 6.45) is 1.24. The lowest BCUT2D eigenvalue weighted by atomic mass is 10.1. The summed E-state index contributed by atoms with van der Waals surface area (Å²) in [5.41, 5.74) is 1.19. The van der Waals surface area contributed by atoms with Crippen molar-refractivity contribution in [2.24, 2.45) is 5.92 Å². The van der Waals surface area contributed by atoms with Crippen LogP contribution in [0.15, 0.2) is 30.3 Å². The van der Waals surface area contributed by atoms with Crippen LogP contribution in [-0.4, -0.2) is 37.0 Å². The van der Waals surface area contributed by atoms with Crippen molar-refractivity contribution in [3.63, 3.8) is 0 Å². The zero-order valence-corrected chi connectivity index (χ0v) is 12.5. The summed E-state index contributed by atoms with van der Waals surface area (Å²) in [5.74, 6) is -0.512. The Labute approximate surface area is 120 Å². The van der Waals surface area contributed by atoms with Crippen LogP contribution >= 0.6 is 0 Å². The van der Waals surface area contributed by atoms with Crippen LogP contribution in [0, 0.1) is 5.92 Å². The van der Waals surface area contributed by atoms with Gasteiger partial charge >= 0.3 is 5.97 Å². The number of rotatable bonds is 7. The Morgan fingerprint density at radius 1 is 1.25 bits per heavy atom. The van der Waals surface area contributed by atoms with Gasteiger partial charge in [-0.15, -0.1) is 0 Å². The summed E-state index contributed by atoms with van der Waals surface area (Å²) in [6.45, 7) is 4.65. The van der Waals surface area contributed by atoms with Crippen LogP contribution in [-0.2, 0) is 20.7 Å². The highest BCUT2D eigenvalue weighted by molar-refractivity contribution is 5.77. The van der Waals surface area contributed by atoms with Gasteiger partial charge < -0.3 is 9.64 Å². The number of benzene rings is 1. The second kappa shape index (κ2) is 8.35. The summed E-state index contributed by atoms with van der Waals surface area (Å²) >= 11 is 0. The Bertz CT molecular complexity index is 431. The summed E-state index contributed by atoms with van der Waals surface area (Å²) < 4.78 is 4.71. The average molecular weight is 277 g/mol. The van der Waals surface area contributed by atoms with E-state index in [2.05, 4.69) is 0 Å². The molecule has 4 heteroatoms. The summed E-state index contributed by atoms with van der Waals surface area (Å²) in [7, 11) is 1.37. The van der Waals surface area contributed by atoms with Crippen molar-refractivity contribution in [1.82, 2.24) is 4.90 Å². The van der Waals surface area contributed by atoms with E-state index in [1.807, 2.05) is 37.3 Å². The van der Waals surface area contributed by atoms with E-state index in [-0.39, 0.29) is 17.8 Å². The van der Waals surface area contributed by atoms with E-state index in [1.54, 1.807) is 11.8 Å². The molecule has 1 aromatic carbocycles. The van der Waals surface area contributed by atoms with Gasteiger partial charge in [-0.2, -0.15) is 0 Å². The first-order chi connectivity index (χ1) is 9.58. The van der Waals surface area contributed by atoms with E-state index in [9.17, 15) is 9.59 Å². The zero-order chi connectivity index (χ0) is 15.0. The highest BCUT2D eigenvalue weighted by Gasteiger charge is 2.20. The molecule has 0 N–H and O–H groups in total. The van der Waals surface area contributed by atoms with Crippen LogP contribution in [0.4, 0.5) is 0 Å². The van der Waals surface area contributed by atoms with Crippen LogP contribution in [0.1, 0.15) is 25.8 Å². The standard InChI is InChI=1S/C16H23NO3/c1-4-15(18)17(12-13(2)16(19)20-3)11-10-14-8-6-5-7-9-14/h5-9,13H,4,10-12H2,1-3H3. The quantitative estimate of drug-likeness (QED) is 0.718. The van der Waals surface area contributed by atoms with Gasteiger partial charge in [0.2, 0.25) is 5.91 Å². The van der Waals surface area contributed by atoms with Crippen LogP contribution in [0.2, 0.25) is 0 Å². The average Bonchev–Trinajstić information content (AvgIpc) is 2.50. The van der Waals surface area contributed by atoms with Gasteiger partial charge in [0.1, 0.15) is 0 Å². The van der Waals surface area contributed by atoms with E-state index >= 15 is 0 Å². The Kier molecular flexibility index (Phi) is 6.77. The molecule has 0 aliphatic rings. The van der Waals surface area contributed by atoms with Gasteiger partial charge in [0.25, 0.3) is 0 Å². The highest BCUT2D eigenvalue weighted by Crippen LogP contribution is 2.07. The lowest BCUT2D eigenvalue weighted by Gasteiger charge is -2.24. The number of nitrogens with zero attached hydrogens (tertiary/aromatic N) is 1. The molecule has 0 spiro atoms. The van der Waals surface area contributed by atoms with Crippen molar-refractivity contribution in [3.05, 3.63) is 35.9 Å². The van der Waals surface area contributed by atoms with E-state index in [1.165, 1.54) is 12.7 Å². The molecule has 1 rings (SSSR count). The predicted molar refractivity (Wildman–Crippen MR) is 78.2 cm³/mol. The number of hydrogen-bond acceptors (Lipinski definition) is 3. The summed E-state index contributed by atoms with van der Waals surface area (Å²) in [5, 5.41) is 0. The normalized spacial score (nSPS) is 11.8. The molecule has 0 fully saturated rings. The molecule has 0 aromatic heterocycles. The number of ether oxygens (including phenoxy) is 1. The predicted octanol–water partition coefficient (Wildman–Crippen LogP) is 2.28. The molecule has 0 radical (unpaired) electrons. The number of carbonyl (C=O) groups is 2.